The van der Waals surface area contributed by atoms with E-state index in [-0.39, 0.29) is 30.6 Å². The van der Waals surface area contributed by atoms with Gasteiger partial charge in [0.2, 0.25) is 11.9 Å². The van der Waals surface area contributed by atoms with Gasteiger partial charge in [-0.25, -0.2) is 4.98 Å². The second kappa shape index (κ2) is 9.37. The van der Waals surface area contributed by atoms with Crippen LogP contribution in [0.1, 0.15) is 66.8 Å². The molecule has 0 bridgehead atoms. The fourth-order valence-electron chi connectivity index (χ4n) is 5.72. The van der Waals surface area contributed by atoms with Gasteiger partial charge in [-0.1, -0.05) is 6.07 Å². The lowest BCUT2D eigenvalue weighted by Crippen LogP contribution is -2.29. The van der Waals surface area contributed by atoms with Crippen molar-refractivity contribution < 1.29 is 11.0 Å². The molecule has 11 heteroatoms. The molecule has 9 nitrogen and oxygen atoms in total. The Hall–Kier alpha value is -2.92. The molecule has 1 spiro atoms. The SMILES string of the molecule is CSc1cccc(Nc2nncn2[C@H]2CCc3sc(NC(=O)C4CC45CC5)c(C(=O)NCC4CC4)c3C2)n1.[HH]. The number of thiophene rings is 1. The maximum atomic E-state index is 13.5. The number of hydrogen-bond acceptors (Lipinski definition) is 8. The molecular weight excluding hydrogens is 518 g/mol. The van der Waals surface area contributed by atoms with Crippen LogP contribution in [0.5, 0.6) is 0 Å². The van der Waals surface area contributed by atoms with E-state index in [1.54, 1.807) is 29.4 Å². The van der Waals surface area contributed by atoms with E-state index >= 15 is 0 Å². The van der Waals surface area contributed by atoms with Crippen molar-refractivity contribution in [1.82, 2.24) is 25.1 Å². The van der Waals surface area contributed by atoms with Gasteiger partial charge in [0.25, 0.3) is 5.91 Å². The van der Waals surface area contributed by atoms with Gasteiger partial charge in [0.1, 0.15) is 17.1 Å². The molecule has 0 radical (unpaired) electrons. The van der Waals surface area contributed by atoms with E-state index in [0.717, 1.165) is 53.5 Å². The maximum absolute atomic E-state index is 13.5. The van der Waals surface area contributed by atoms with E-state index in [4.69, 9.17) is 0 Å². The highest BCUT2D eigenvalue weighted by molar-refractivity contribution is 7.98. The molecule has 2 amide bonds. The Labute approximate surface area is 231 Å². The number of carbonyl (C=O) groups is 2. The van der Waals surface area contributed by atoms with Crippen LogP contribution in [0.2, 0.25) is 0 Å². The van der Waals surface area contributed by atoms with Crippen LogP contribution in [0.15, 0.2) is 29.6 Å². The van der Waals surface area contributed by atoms with Crippen LogP contribution in [-0.4, -0.2) is 44.4 Å². The molecule has 7 rings (SSSR count). The molecular formula is C27H33N7O2S2. The number of pyridine rings is 1. The fourth-order valence-corrected chi connectivity index (χ4v) is 7.37. The first-order valence-electron chi connectivity index (χ1n) is 13.4. The van der Waals surface area contributed by atoms with Crippen LogP contribution >= 0.6 is 23.1 Å². The van der Waals surface area contributed by atoms with Crippen LogP contribution in [0.4, 0.5) is 16.8 Å². The van der Waals surface area contributed by atoms with Crippen molar-refractivity contribution in [3.8, 4) is 0 Å². The minimum Gasteiger partial charge on any atom is -0.352 e. The van der Waals surface area contributed by atoms with E-state index in [0.29, 0.717) is 30.4 Å². The van der Waals surface area contributed by atoms with Crippen molar-refractivity contribution in [1.29, 1.82) is 0 Å². The lowest BCUT2D eigenvalue weighted by molar-refractivity contribution is -0.117. The van der Waals surface area contributed by atoms with Crippen molar-refractivity contribution in [3.05, 3.63) is 40.5 Å². The first-order chi connectivity index (χ1) is 18.5. The molecule has 3 saturated carbocycles. The summed E-state index contributed by atoms with van der Waals surface area (Å²) in [7, 11) is 0. The molecule has 0 saturated heterocycles. The van der Waals surface area contributed by atoms with Gasteiger partial charge < -0.3 is 16.0 Å². The largest absolute Gasteiger partial charge is 0.352 e. The quantitative estimate of drug-likeness (QED) is 0.319. The predicted octanol–water partition coefficient (Wildman–Crippen LogP) is 5.05. The fraction of sp³-hybridized carbons (Fsp3) is 0.519. The van der Waals surface area contributed by atoms with Gasteiger partial charge in [-0.05, 0) is 86.7 Å². The number of fused-ring (bicyclic) bond motifs is 1. The van der Waals surface area contributed by atoms with Gasteiger partial charge in [0.15, 0.2) is 0 Å². The van der Waals surface area contributed by atoms with Crippen LogP contribution in [-0.2, 0) is 17.6 Å². The monoisotopic (exact) mass is 551 g/mol. The molecule has 4 aliphatic carbocycles. The molecule has 1 unspecified atom stereocenters. The standard InChI is InChI=1S/C27H31N7O2S2.H2/c1-37-21-4-2-3-20(30-21)31-26-33-29-14-34(26)16-7-8-19-17(11-16)22(24(36)28-13-15-5-6-15)25(38-19)32-23(35)18-12-27(18)9-10-27;/h2-4,14-16,18H,5-13H2,1H3,(H,28,36)(H,32,35)(H,30,31,33);1H/t16-,18?;/m0./s1. The average Bonchev–Trinajstić information content (AvgIpc) is 3.89. The molecule has 3 fully saturated rings. The smallest absolute Gasteiger partial charge is 0.254 e. The van der Waals surface area contributed by atoms with Crippen molar-refractivity contribution in [3.63, 3.8) is 0 Å². The predicted molar refractivity (Wildman–Crippen MR) is 150 cm³/mol. The zero-order chi connectivity index (χ0) is 25.9. The van der Waals surface area contributed by atoms with E-state index in [1.807, 2.05) is 24.5 Å². The van der Waals surface area contributed by atoms with E-state index in [2.05, 4.69) is 35.7 Å². The number of thioether (sulfide) groups is 1. The Bertz CT molecular complexity index is 1410. The summed E-state index contributed by atoms with van der Waals surface area (Å²) < 4.78 is 2.05. The lowest BCUT2D eigenvalue weighted by Gasteiger charge is -2.25. The summed E-state index contributed by atoms with van der Waals surface area (Å²) in [6.45, 7) is 0.702. The highest BCUT2D eigenvalue weighted by Crippen LogP contribution is 2.70. The second-order valence-electron chi connectivity index (χ2n) is 11.1. The Morgan fingerprint density at radius 1 is 1.26 bits per heavy atom. The van der Waals surface area contributed by atoms with Crippen LogP contribution in [0.25, 0.3) is 0 Å². The molecule has 38 heavy (non-hydrogen) atoms. The molecule has 3 aromatic heterocycles. The first-order valence-corrected chi connectivity index (χ1v) is 15.5. The zero-order valence-corrected chi connectivity index (χ0v) is 23.0. The zero-order valence-electron chi connectivity index (χ0n) is 21.3. The van der Waals surface area contributed by atoms with Crippen molar-refractivity contribution in [2.75, 3.05) is 23.4 Å². The van der Waals surface area contributed by atoms with Gasteiger partial charge in [0.05, 0.1) is 10.6 Å². The molecule has 2 atom stereocenters. The molecule has 0 aromatic carbocycles. The topological polar surface area (TPSA) is 114 Å². The number of rotatable bonds is 9. The number of nitrogens with zero attached hydrogens (tertiary/aromatic N) is 4. The molecule has 0 aliphatic heterocycles. The number of anilines is 3. The maximum Gasteiger partial charge on any atom is 0.254 e. The molecule has 3 N–H and O–H groups in total. The number of nitrogens with one attached hydrogen (secondary N) is 3. The summed E-state index contributed by atoms with van der Waals surface area (Å²) in [4.78, 5) is 32.3. The Morgan fingerprint density at radius 2 is 2.13 bits per heavy atom. The van der Waals surface area contributed by atoms with Crippen LogP contribution < -0.4 is 16.0 Å². The van der Waals surface area contributed by atoms with Crippen molar-refractivity contribution in [2.45, 2.75) is 62.4 Å². The third-order valence-electron chi connectivity index (χ3n) is 8.48. The van der Waals surface area contributed by atoms with Gasteiger partial charge >= 0.3 is 0 Å². The molecule has 200 valence electrons. The summed E-state index contributed by atoms with van der Waals surface area (Å²) in [6, 6.07) is 5.95. The van der Waals surface area contributed by atoms with Gasteiger partial charge in [0, 0.05) is 24.8 Å². The summed E-state index contributed by atoms with van der Waals surface area (Å²) in [5, 5.41) is 19.8. The van der Waals surface area contributed by atoms with E-state index in [1.165, 1.54) is 17.7 Å². The van der Waals surface area contributed by atoms with Crippen LogP contribution in [0, 0.1) is 17.3 Å². The summed E-state index contributed by atoms with van der Waals surface area (Å²) in [5.41, 5.74) is 1.99. The normalized spacial score (nSPS) is 22.6. The number of carbonyl (C=O) groups excluding carboxylic acids is 2. The number of amides is 2. The highest BCUT2D eigenvalue weighted by Gasteiger charge is 2.65. The van der Waals surface area contributed by atoms with Crippen molar-refractivity contribution >= 4 is 51.7 Å². The molecule has 3 heterocycles. The van der Waals surface area contributed by atoms with Gasteiger partial charge in [-0.2, -0.15) is 0 Å². The molecule has 3 aromatic rings. The van der Waals surface area contributed by atoms with Gasteiger partial charge in [-0.15, -0.1) is 33.3 Å². The Balaban J connectivity index is 0.00000277. The number of hydrogen-bond donors (Lipinski definition) is 3. The van der Waals surface area contributed by atoms with E-state index < -0.39 is 0 Å². The third kappa shape index (κ3) is 4.59. The minimum absolute atomic E-state index is 0. The number of aryl methyl sites for hydroxylation is 1. The number of aromatic nitrogens is 4. The van der Waals surface area contributed by atoms with Crippen LogP contribution in [0.3, 0.4) is 0 Å². The third-order valence-corrected chi connectivity index (χ3v) is 10.3. The average molecular weight is 552 g/mol. The lowest BCUT2D eigenvalue weighted by atomic mass is 9.91. The minimum atomic E-state index is -0.0672. The summed E-state index contributed by atoms with van der Waals surface area (Å²) >= 11 is 3.17. The highest BCUT2D eigenvalue weighted by atomic mass is 32.2. The van der Waals surface area contributed by atoms with E-state index in [9.17, 15) is 9.59 Å². The Morgan fingerprint density at radius 3 is 2.89 bits per heavy atom. The van der Waals surface area contributed by atoms with Gasteiger partial charge in [-0.3, -0.25) is 14.2 Å². The summed E-state index contributed by atoms with van der Waals surface area (Å²) in [6.07, 6.45) is 11.9. The molecule has 4 aliphatic rings. The first kappa shape index (κ1) is 24.1. The van der Waals surface area contributed by atoms with Crippen molar-refractivity contribution in [2.24, 2.45) is 17.3 Å². The second-order valence-corrected chi connectivity index (χ2v) is 13.0. The summed E-state index contributed by atoms with van der Waals surface area (Å²) in [5.74, 6) is 2.07. The Kier molecular flexibility index (Phi) is 5.95.